The van der Waals surface area contributed by atoms with Crippen LogP contribution in [-0.2, 0) is 0 Å². The molecule has 26 heavy (non-hydrogen) atoms. The Labute approximate surface area is 149 Å². The summed E-state index contributed by atoms with van der Waals surface area (Å²) in [6, 6.07) is 11.2. The van der Waals surface area contributed by atoms with Gasteiger partial charge in [0.25, 0.3) is 5.56 Å². The quantitative estimate of drug-likeness (QED) is 0.569. The zero-order valence-electron chi connectivity index (χ0n) is 14.7. The predicted octanol–water partition coefficient (Wildman–Crippen LogP) is 2.59. The van der Waals surface area contributed by atoms with Gasteiger partial charge in [-0.1, -0.05) is 0 Å². The SMILES string of the molecule is COc1ccc(-n2ncc3c(=O)n(-c4cc(C)ccn4)c(C)nc32)cc1. The summed E-state index contributed by atoms with van der Waals surface area (Å²) in [7, 11) is 1.62. The van der Waals surface area contributed by atoms with Gasteiger partial charge >= 0.3 is 0 Å². The molecule has 0 radical (unpaired) electrons. The summed E-state index contributed by atoms with van der Waals surface area (Å²) in [5.41, 5.74) is 2.15. The summed E-state index contributed by atoms with van der Waals surface area (Å²) in [6.45, 7) is 3.75. The molecule has 0 amide bonds. The van der Waals surface area contributed by atoms with E-state index >= 15 is 0 Å². The van der Waals surface area contributed by atoms with Gasteiger partial charge in [-0.3, -0.25) is 4.79 Å². The molecule has 4 rings (SSSR count). The first-order chi connectivity index (χ1) is 12.6. The first-order valence-corrected chi connectivity index (χ1v) is 8.13. The third-order valence-electron chi connectivity index (χ3n) is 4.22. The molecule has 0 N–H and O–H groups in total. The van der Waals surface area contributed by atoms with Gasteiger partial charge in [0.15, 0.2) is 5.65 Å². The van der Waals surface area contributed by atoms with Crippen LogP contribution in [0.2, 0.25) is 0 Å². The van der Waals surface area contributed by atoms with Gasteiger partial charge in [0.1, 0.15) is 22.8 Å². The van der Waals surface area contributed by atoms with Gasteiger partial charge in [-0.25, -0.2) is 19.2 Å². The Balaban J connectivity index is 1.92. The van der Waals surface area contributed by atoms with E-state index in [1.807, 2.05) is 43.3 Å². The highest BCUT2D eigenvalue weighted by atomic mass is 16.5. The summed E-state index contributed by atoms with van der Waals surface area (Å²) in [4.78, 5) is 21.9. The van der Waals surface area contributed by atoms with Crippen molar-refractivity contribution in [2.45, 2.75) is 13.8 Å². The molecule has 0 bridgehead atoms. The third-order valence-corrected chi connectivity index (χ3v) is 4.22. The van der Waals surface area contributed by atoms with Crippen LogP contribution in [-0.4, -0.2) is 31.4 Å². The molecular weight excluding hydrogens is 330 g/mol. The largest absolute Gasteiger partial charge is 0.497 e. The molecule has 0 unspecified atom stereocenters. The molecule has 3 heterocycles. The number of ether oxygens (including phenoxy) is 1. The van der Waals surface area contributed by atoms with Gasteiger partial charge in [-0.15, -0.1) is 0 Å². The van der Waals surface area contributed by atoms with Crippen LogP contribution >= 0.6 is 0 Å². The van der Waals surface area contributed by atoms with Crippen molar-refractivity contribution in [1.82, 2.24) is 24.3 Å². The number of fused-ring (bicyclic) bond motifs is 1. The monoisotopic (exact) mass is 347 g/mol. The lowest BCUT2D eigenvalue weighted by Gasteiger charge is -2.10. The highest BCUT2D eigenvalue weighted by Crippen LogP contribution is 2.18. The molecule has 0 saturated heterocycles. The Bertz CT molecular complexity index is 1160. The molecule has 7 nitrogen and oxygen atoms in total. The Hall–Kier alpha value is -3.48. The number of rotatable bonds is 3. The fourth-order valence-electron chi connectivity index (χ4n) is 2.90. The molecule has 4 aromatic rings. The normalized spacial score (nSPS) is 11.0. The molecule has 1 aromatic carbocycles. The first-order valence-electron chi connectivity index (χ1n) is 8.13. The van der Waals surface area contributed by atoms with E-state index in [2.05, 4.69) is 15.1 Å². The van der Waals surface area contributed by atoms with E-state index in [9.17, 15) is 4.79 Å². The van der Waals surface area contributed by atoms with Gasteiger partial charge in [-0.05, 0) is 55.8 Å². The van der Waals surface area contributed by atoms with Gasteiger partial charge in [-0.2, -0.15) is 5.10 Å². The van der Waals surface area contributed by atoms with Crippen molar-refractivity contribution in [2.75, 3.05) is 7.11 Å². The van der Waals surface area contributed by atoms with Crippen LogP contribution in [0.5, 0.6) is 5.75 Å². The number of aryl methyl sites for hydroxylation is 2. The van der Waals surface area contributed by atoms with Gasteiger partial charge in [0, 0.05) is 6.20 Å². The third kappa shape index (κ3) is 2.54. The molecule has 7 heteroatoms. The Morgan fingerprint density at radius 1 is 1.08 bits per heavy atom. The van der Waals surface area contributed by atoms with Crippen LogP contribution in [0.4, 0.5) is 0 Å². The second-order valence-electron chi connectivity index (χ2n) is 5.98. The molecule has 0 aliphatic rings. The lowest BCUT2D eigenvalue weighted by Crippen LogP contribution is -2.23. The fourth-order valence-corrected chi connectivity index (χ4v) is 2.90. The number of nitrogens with zero attached hydrogens (tertiary/aromatic N) is 5. The molecule has 0 atom stereocenters. The number of hydrogen-bond acceptors (Lipinski definition) is 5. The summed E-state index contributed by atoms with van der Waals surface area (Å²) >= 11 is 0. The number of pyridine rings is 1. The van der Waals surface area contributed by atoms with Crippen LogP contribution in [0.1, 0.15) is 11.4 Å². The summed E-state index contributed by atoms with van der Waals surface area (Å²) in [5.74, 6) is 1.86. The van der Waals surface area contributed by atoms with Gasteiger partial charge in [0.05, 0.1) is 19.0 Å². The number of benzene rings is 1. The van der Waals surface area contributed by atoms with Crippen molar-refractivity contribution >= 4 is 11.0 Å². The lowest BCUT2D eigenvalue weighted by molar-refractivity contribution is 0.414. The van der Waals surface area contributed by atoms with Gasteiger partial charge < -0.3 is 4.74 Å². The summed E-state index contributed by atoms with van der Waals surface area (Å²) < 4.78 is 8.34. The van der Waals surface area contributed by atoms with Crippen LogP contribution in [0.25, 0.3) is 22.5 Å². The number of hydrogen-bond donors (Lipinski definition) is 0. The highest BCUT2D eigenvalue weighted by Gasteiger charge is 2.15. The van der Waals surface area contributed by atoms with Crippen molar-refractivity contribution in [3.8, 4) is 17.3 Å². The summed E-state index contributed by atoms with van der Waals surface area (Å²) in [6.07, 6.45) is 3.22. The minimum atomic E-state index is -0.189. The Morgan fingerprint density at radius 3 is 2.54 bits per heavy atom. The fraction of sp³-hybridized carbons (Fsp3) is 0.158. The van der Waals surface area contributed by atoms with Crippen molar-refractivity contribution in [3.63, 3.8) is 0 Å². The molecule has 0 fully saturated rings. The second kappa shape index (κ2) is 6.11. The van der Waals surface area contributed by atoms with E-state index in [1.165, 1.54) is 4.57 Å². The van der Waals surface area contributed by atoms with Crippen molar-refractivity contribution < 1.29 is 4.74 Å². The molecule has 0 aliphatic carbocycles. The van der Waals surface area contributed by atoms with Crippen molar-refractivity contribution in [2.24, 2.45) is 0 Å². The lowest BCUT2D eigenvalue weighted by atomic mass is 10.3. The van der Waals surface area contributed by atoms with E-state index < -0.39 is 0 Å². The maximum atomic E-state index is 13.0. The maximum Gasteiger partial charge on any atom is 0.270 e. The maximum absolute atomic E-state index is 13.0. The van der Waals surface area contributed by atoms with E-state index in [0.717, 1.165) is 17.0 Å². The average Bonchev–Trinajstić information content (AvgIpc) is 3.06. The van der Waals surface area contributed by atoms with Crippen LogP contribution in [0, 0.1) is 13.8 Å². The predicted molar refractivity (Wildman–Crippen MR) is 98.3 cm³/mol. The number of aromatic nitrogens is 5. The first kappa shape index (κ1) is 16.0. The number of methoxy groups -OCH3 is 1. The second-order valence-corrected chi connectivity index (χ2v) is 5.98. The van der Waals surface area contributed by atoms with Crippen LogP contribution in [0.3, 0.4) is 0 Å². The smallest absolute Gasteiger partial charge is 0.270 e. The van der Waals surface area contributed by atoms with Crippen LogP contribution in [0.15, 0.2) is 53.6 Å². The van der Waals surface area contributed by atoms with E-state index in [0.29, 0.717) is 22.7 Å². The zero-order valence-corrected chi connectivity index (χ0v) is 14.7. The highest BCUT2D eigenvalue weighted by molar-refractivity contribution is 5.75. The minimum Gasteiger partial charge on any atom is -0.497 e. The topological polar surface area (TPSA) is 74.8 Å². The van der Waals surface area contributed by atoms with Crippen molar-refractivity contribution in [1.29, 1.82) is 0 Å². The van der Waals surface area contributed by atoms with Gasteiger partial charge in [0.2, 0.25) is 0 Å². The average molecular weight is 347 g/mol. The molecule has 0 saturated carbocycles. The molecule has 0 spiro atoms. The Morgan fingerprint density at radius 2 is 1.85 bits per heavy atom. The van der Waals surface area contributed by atoms with E-state index in [-0.39, 0.29) is 5.56 Å². The Kier molecular flexibility index (Phi) is 3.76. The van der Waals surface area contributed by atoms with Crippen molar-refractivity contribution in [3.05, 3.63) is 70.5 Å². The molecule has 130 valence electrons. The summed E-state index contributed by atoms with van der Waals surface area (Å²) in [5, 5.41) is 4.79. The minimum absolute atomic E-state index is 0.189. The standard InChI is InChI=1S/C19H17N5O2/c1-12-8-9-20-17(10-12)23-13(2)22-18-16(19(23)25)11-21-24(18)14-4-6-15(26-3)7-5-14/h4-11H,1-3H3. The molecule has 3 aromatic heterocycles. The zero-order chi connectivity index (χ0) is 18.3. The van der Waals surface area contributed by atoms with Crippen LogP contribution < -0.4 is 10.3 Å². The van der Waals surface area contributed by atoms with E-state index in [4.69, 9.17) is 4.74 Å². The van der Waals surface area contributed by atoms with E-state index in [1.54, 1.807) is 31.1 Å². The molecular formula is C19H17N5O2. The molecule has 0 aliphatic heterocycles.